The van der Waals surface area contributed by atoms with E-state index < -0.39 is 42.1 Å². The Hall–Kier alpha value is -2.53. The first-order valence-electron chi connectivity index (χ1n) is 8.16. The van der Waals surface area contributed by atoms with Gasteiger partial charge in [0.05, 0.1) is 23.3 Å². The minimum Gasteiger partial charge on any atom is -0.431 e. The van der Waals surface area contributed by atoms with Gasteiger partial charge in [0, 0.05) is 18.8 Å². The van der Waals surface area contributed by atoms with Crippen LogP contribution in [0.15, 0.2) is 24.5 Å². The van der Waals surface area contributed by atoms with Crippen LogP contribution in [0.4, 0.5) is 27.8 Å². The molecular weight excluding hydrogens is 425 g/mol. The summed E-state index contributed by atoms with van der Waals surface area (Å²) in [5.74, 6) is -1.66. The van der Waals surface area contributed by atoms with Crippen molar-refractivity contribution in [2.45, 2.75) is 31.2 Å². The van der Waals surface area contributed by atoms with Crippen LogP contribution in [-0.2, 0) is 11.7 Å². The van der Waals surface area contributed by atoms with Crippen molar-refractivity contribution in [3.8, 4) is 5.75 Å². The second-order valence-electron chi connectivity index (χ2n) is 6.26. The lowest BCUT2D eigenvalue weighted by Gasteiger charge is -2.38. The summed E-state index contributed by atoms with van der Waals surface area (Å²) in [4.78, 5) is 19.6. The highest BCUT2D eigenvalue weighted by Crippen LogP contribution is 2.42. The predicted octanol–water partition coefficient (Wildman–Crippen LogP) is 4.03. The highest BCUT2D eigenvalue weighted by Gasteiger charge is 2.42. The van der Waals surface area contributed by atoms with Gasteiger partial charge in [0.25, 0.3) is 0 Å². The van der Waals surface area contributed by atoms with Gasteiger partial charge in [0.1, 0.15) is 5.15 Å². The zero-order valence-corrected chi connectivity index (χ0v) is 15.2. The minimum absolute atomic E-state index is 0.00644. The standard InChI is InChI=1S/C17H13ClF5N3O3/c18-13-12-9(2-4-24-13)16(7-27,3-1-10(12)28)26-14-11(29-15(19)20)5-8(6-25-14)17(21,22)23/h2,4-6,15,27H,1,3,7H2,(H,25,26). The molecule has 2 heterocycles. The summed E-state index contributed by atoms with van der Waals surface area (Å²) in [5, 5.41) is 12.6. The van der Waals surface area contributed by atoms with Gasteiger partial charge in [-0.05, 0) is 24.1 Å². The van der Waals surface area contributed by atoms with Crippen LogP contribution in [0.25, 0.3) is 0 Å². The summed E-state index contributed by atoms with van der Waals surface area (Å²) in [7, 11) is 0. The molecule has 1 aliphatic carbocycles. The number of Topliss-reactive ketones (excluding diaryl/α,β-unsaturated/α-hetero) is 1. The molecule has 2 aromatic heterocycles. The van der Waals surface area contributed by atoms with Gasteiger partial charge in [0.2, 0.25) is 0 Å². The normalized spacial score (nSPS) is 19.2. The number of ketones is 1. The summed E-state index contributed by atoms with van der Waals surface area (Å²) < 4.78 is 68.5. The third-order valence-corrected chi connectivity index (χ3v) is 4.79. The fourth-order valence-electron chi connectivity index (χ4n) is 3.13. The summed E-state index contributed by atoms with van der Waals surface area (Å²) in [5.41, 5.74) is -2.46. The lowest BCUT2D eigenvalue weighted by atomic mass is 9.77. The van der Waals surface area contributed by atoms with E-state index in [1.54, 1.807) is 0 Å². The van der Waals surface area contributed by atoms with Gasteiger partial charge >= 0.3 is 12.8 Å². The second-order valence-corrected chi connectivity index (χ2v) is 6.62. The van der Waals surface area contributed by atoms with Crippen molar-refractivity contribution in [1.29, 1.82) is 0 Å². The molecule has 29 heavy (non-hydrogen) atoms. The van der Waals surface area contributed by atoms with Crippen molar-refractivity contribution in [2.24, 2.45) is 0 Å². The molecule has 0 amide bonds. The number of fused-ring (bicyclic) bond motifs is 1. The summed E-state index contributed by atoms with van der Waals surface area (Å²) >= 11 is 5.99. The largest absolute Gasteiger partial charge is 0.431 e. The monoisotopic (exact) mass is 437 g/mol. The molecule has 3 rings (SSSR count). The van der Waals surface area contributed by atoms with Crippen LogP contribution in [0.1, 0.15) is 34.3 Å². The molecule has 0 fully saturated rings. The fraction of sp³-hybridized carbons (Fsp3) is 0.353. The Kier molecular flexibility index (Phi) is 5.63. The molecule has 12 heteroatoms. The maximum absolute atomic E-state index is 12.9. The van der Waals surface area contributed by atoms with Crippen molar-refractivity contribution >= 4 is 23.2 Å². The molecule has 1 aliphatic rings. The molecule has 0 aromatic carbocycles. The van der Waals surface area contributed by atoms with Gasteiger partial charge in [-0.3, -0.25) is 4.79 Å². The van der Waals surface area contributed by atoms with Crippen molar-refractivity contribution in [3.05, 3.63) is 46.4 Å². The summed E-state index contributed by atoms with van der Waals surface area (Å²) in [6, 6.07) is 1.78. The number of aliphatic hydroxyl groups is 1. The number of aliphatic hydroxyl groups excluding tert-OH is 1. The van der Waals surface area contributed by atoms with Gasteiger partial charge in [-0.25, -0.2) is 9.97 Å². The van der Waals surface area contributed by atoms with E-state index in [0.717, 1.165) is 0 Å². The van der Waals surface area contributed by atoms with Crippen molar-refractivity contribution < 1.29 is 36.6 Å². The topological polar surface area (TPSA) is 84.3 Å². The number of nitrogens with zero attached hydrogens (tertiary/aromatic N) is 2. The van der Waals surface area contributed by atoms with E-state index in [1.807, 2.05) is 0 Å². The number of nitrogens with one attached hydrogen (secondary N) is 1. The molecule has 156 valence electrons. The van der Waals surface area contributed by atoms with Crippen molar-refractivity contribution in [1.82, 2.24) is 9.97 Å². The van der Waals surface area contributed by atoms with E-state index in [1.165, 1.54) is 12.3 Å². The molecule has 0 spiro atoms. The number of carbonyl (C=O) groups excluding carboxylic acids is 1. The van der Waals surface area contributed by atoms with Gasteiger partial charge in [-0.15, -0.1) is 0 Å². The molecule has 0 aliphatic heterocycles. The Balaban J connectivity index is 2.10. The van der Waals surface area contributed by atoms with Crippen LogP contribution in [-0.4, -0.2) is 34.1 Å². The number of pyridine rings is 2. The zero-order valence-electron chi connectivity index (χ0n) is 14.4. The quantitative estimate of drug-likeness (QED) is 0.543. The number of ether oxygens (including phenoxy) is 1. The number of aromatic nitrogens is 2. The first-order valence-corrected chi connectivity index (χ1v) is 8.54. The summed E-state index contributed by atoms with van der Waals surface area (Å²) in [6.45, 7) is -4.05. The minimum atomic E-state index is -4.83. The number of rotatable bonds is 5. The van der Waals surface area contributed by atoms with Crippen LogP contribution in [0.3, 0.4) is 0 Å². The molecule has 2 N–H and O–H groups in total. The second kappa shape index (κ2) is 7.71. The Morgan fingerprint density at radius 2 is 2.07 bits per heavy atom. The molecule has 0 saturated carbocycles. The third kappa shape index (κ3) is 4.10. The van der Waals surface area contributed by atoms with E-state index >= 15 is 0 Å². The molecule has 1 unspecified atom stereocenters. The van der Waals surface area contributed by atoms with Crippen molar-refractivity contribution in [2.75, 3.05) is 11.9 Å². The van der Waals surface area contributed by atoms with Crippen molar-refractivity contribution in [3.63, 3.8) is 0 Å². The average Bonchev–Trinajstić information content (AvgIpc) is 2.64. The van der Waals surface area contributed by atoms with E-state index in [2.05, 4.69) is 20.0 Å². The molecule has 0 saturated heterocycles. The number of hydrogen-bond acceptors (Lipinski definition) is 6. The van der Waals surface area contributed by atoms with E-state index in [0.29, 0.717) is 12.3 Å². The Bertz CT molecular complexity index is 941. The maximum Gasteiger partial charge on any atom is 0.418 e. The highest BCUT2D eigenvalue weighted by molar-refractivity contribution is 6.33. The first kappa shape index (κ1) is 21.2. The number of hydrogen-bond donors (Lipinski definition) is 2. The van der Waals surface area contributed by atoms with E-state index in [9.17, 15) is 31.9 Å². The van der Waals surface area contributed by atoms with Crippen LogP contribution in [0.5, 0.6) is 5.75 Å². The zero-order chi connectivity index (χ0) is 21.4. The van der Waals surface area contributed by atoms with Crippen LogP contribution in [0.2, 0.25) is 5.15 Å². The van der Waals surface area contributed by atoms with Gasteiger partial charge in [-0.2, -0.15) is 22.0 Å². The smallest absolute Gasteiger partial charge is 0.418 e. The predicted molar refractivity (Wildman–Crippen MR) is 91.1 cm³/mol. The Morgan fingerprint density at radius 1 is 1.34 bits per heavy atom. The van der Waals surface area contributed by atoms with E-state index in [4.69, 9.17) is 11.6 Å². The highest BCUT2D eigenvalue weighted by atomic mass is 35.5. The van der Waals surface area contributed by atoms with Crippen LogP contribution >= 0.6 is 11.6 Å². The average molecular weight is 438 g/mol. The number of anilines is 1. The molecular formula is C17H13ClF5N3O3. The van der Waals surface area contributed by atoms with Gasteiger partial charge < -0.3 is 15.2 Å². The first-order chi connectivity index (χ1) is 13.6. The van der Waals surface area contributed by atoms with Crippen LogP contribution < -0.4 is 10.1 Å². The van der Waals surface area contributed by atoms with Gasteiger partial charge in [0.15, 0.2) is 17.4 Å². The number of alkyl halides is 5. The SMILES string of the molecule is O=C1CCC(CO)(Nc2ncc(C(F)(F)F)cc2OC(F)F)c2ccnc(Cl)c21. The molecule has 0 radical (unpaired) electrons. The van der Waals surface area contributed by atoms with Gasteiger partial charge in [-0.1, -0.05) is 11.6 Å². The Labute approximate surface area is 165 Å². The maximum atomic E-state index is 12.9. The summed E-state index contributed by atoms with van der Waals surface area (Å²) in [6.07, 6.45) is -3.17. The van der Waals surface area contributed by atoms with E-state index in [-0.39, 0.29) is 34.9 Å². The molecule has 0 bridgehead atoms. The number of carbonyl (C=O) groups is 1. The molecule has 6 nitrogen and oxygen atoms in total. The van der Waals surface area contributed by atoms with Crippen LogP contribution in [0, 0.1) is 0 Å². The molecule has 2 aromatic rings. The Morgan fingerprint density at radius 3 is 2.69 bits per heavy atom. The fourth-order valence-corrected chi connectivity index (χ4v) is 3.39. The molecule has 1 atom stereocenters. The third-order valence-electron chi connectivity index (χ3n) is 4.50. The number of halogens is 6. The lowest BCUT2D eigenvalue weighted by Crippen LogP contribution is -2.44. The lowest BCUT2D eigenvalue weighted by molar-refractivity contribution is -0.138.